The molecule has 0 saturated carbocycles. The van der Waals surface area contributed by atoms with Gasteiger partial charge in [-0.05, 0) is 43.6 Å². The van der Waals surface area contributed by atoms with Crippen LogP contribution in [0.15, 0.2) is 90.8 Å². The molecule has 0 aromatic heterocycles. The Morgan fingerprint density at radius 1 is 1.13 bits per heavy atom. The van der Waals surface area contributed by atoms with Gasteiger partial charge in [0.25, 0.3) is 0 Å². The van der Waals surface area contributed by atoms with Gasteiger partial charge in [0, 0.05) is 6.42 Å². The van der Waals surface area contributed by atoms with E-state index in [1.807, 2.05) is 44.2 Å². The highest BCUT2D eigenvalue weighted by Crippen LogP contribution is 2.16. The number of hydrogen-bond donors (Lipinski definition) is 2. The number of esters is 1. The zero-order valence-corrected chi connectivity index (χ0v) is 18.0. The highest BCUT2D eigenvalue weighted by molar-refractivity contribution is 5.90. The zero-order chi connectivity index (χ0) is 22.8. The number of ketones is 1. The van der Waals surface area contributed by atoms with Gasteiger partial charge in [0.05, 0.1) is 12.7 Å². The summed E-state index contributed by atoms with van der Waals surface area (Å²) in [5, 5.41) is 19.2. The number of hydrogen-bond acceptors (Lipinski definition) is 5. The maximum atomic E-state index is 11.9. The molecule has 0 aliphatic rings. The lowest BCUT2D eigenvalue weighted by Crippen LogP contribution is -2.06. The fourth-order valence-electron chi connectivity index (χ4n) is 2.14. The van der Waals surface area contributed by atoms with Gasteiger partial charge in [0.15, 0.2) is 5.78 Å². The second-order valence-corrected chi connectivity index (χ2v) is 6.23. The third-order valence-corrected chi connectivity index (χ3v) is 3.53. The third kappa shape index (κ3) is 13.1. The third-order valence-electron chi connectivity index (χ3n) is 3.53. The molecule has 1 rings (SSSR count). The number of allylic oxidation sites excluding steroid dienone is 5. The molecule has 0 fully saturated rings. The second-order valence-electron chi connectivity index (χ2n) is 6.23. The van der Waals surface area contributed by atoms with E-state index in [9.17, 15) is 19.8 Å². The fourth-order valence-corrected chi connectivity index (χ4v) is 2.14. The molecular weight excluding hydrogens is 380 g/mol. The Labute approximate surface area is 179 Å². The van der Waals surface area contributed by atoms with E-state index < -0.39 is 12.1 Å². The summed E-state index contributed by atoms with van der Waals surface area (Å²) in [5.74, 6) is -1.09. The molecule has 0 aliphatic heterocycles. The van der Waals surface area contributed by atoms with Crippen molar-refractivity contribution >= 4 is 11.8 Å². The Morgan fingerprint density at radius 3 is 2.33 bits per heavy atom. The van der Waals surface area contributed by atoms with E-state index in [0.29, 0.717) is 5.57 Å². The Bertz CT molecular complexity index is 770. The summed E-state index contributed by atoms with van der Waals surface area (Å²) in [6.07, 6.45) is 10.9. The molecule has 0 radical (unpaired) electrons. The standard InChI is InChI=1S/C22H26O5.C3H6/c1-3-4-12-20(24)13-8-9-18(16-23)14-21(25)15-22(26)27-17(2)19-10-6-5-7-11-19;1-3-2/h4-12,14-15,17,23,25H,3,13,16H2,1-2H3;3H,1H2,2H3/b9-8+,12-4+,18-14+,21-15-;. The lowest BCUT2D eigenvalue weighted by atomic mass is 10.1. The summed E-state index contributed by atoms with van der Waals surface area (Å²) in [6.45, 7) is 8.58. The van der Waals surface area contributed by atoms with Crippen molar-refractivity contribution in [1.29, 1.82) is 0 Å². The highest BCUT2D eigenvalue weighted by Gasteiger charge is 2.10. The van der Waals surface area contributed by atoms with Gasteiger partial charge in [-0.25, -0.2) is 4.79 Å². The van der Waals surface area contributed by atoms with Crippen molar-refractivity contribution in [2.24, 2.45) is 0 Å². The van der Waals surface area contributed by atoms with Crippen LogP contribution in [0.5, 0.6) is 0 Å². The summed E-state index contributed by atoms with van der Waals surface area (Å²) >= 11 is 0. The molecule has 2 N–H and O–H groups in total. The summed E-state index contributed by atoms with van der Waals surface area (Å²) in [4.78, 5) is 23.4. The first-order valence-corrected chi connectivity index (χ1v) is 9.78. The first-order valence-electron chi connectivity index (χ1n) is 9.78. The summed E-state index contributed by atoms with van der Waals surface area (Å²) in [6, 6.07) is 9.24. The smallest absolute Gasteiger partial charge is 0.335 e. The Kier molecular flexibility index (Phi) is 15.0. The lowest BCUT2D eigenvalue weighted by Gasteiger charge is -2.11. The maximum absolute atomic E-state index is 11.9. The van der Waals surface area contributed by atoms with Crippen LogP contribution in [-0.2, 0) is 14.3 Å². The van der Waals surface area contributed by atoms with Gasteiger partial charge in [0.2, 0.25) is 0 Å². The predicted octanol–water partition coefficient (Wildman–Crippen LogP) is 5.33. The van der Waals surface area contributed by atoms with Gasteiger partial charge < -0.3 is 14.9 Å². The van der Waals surface area contributed by atoms with Crippen molar-refractivity contribution in [1.82, 2.24) is 0 Å². The van der Waals surface area contributed by atoms with Crippen LogP contribution in [0.3, 0.4) is 0 Å². The van der Waals surface area contributed by atoms with Gasteiger partial charge in [-0.15, -0.1) is 6.58 Å². The van der Waals surface area contributed by atoms with Crippen molar-refractivity contribution in [3.8, 4) is 0 Å². The normalized spacial score (nSPS) is 12.9. The molecule has 0 saturated heterocycles. The molecule has 5 heteroatoms. The first-order chi connectivity index (χ1) is 14.4. The Morgan fingerprint density at radius 2 is 1.77 bits per heavy atom. The molecular formula is C25H32O5. The number of carbonyl (C=O) groups is 2. The van der Waals surface area contributed by atoms with E-state index >= 15 is 0 Å². The summed E-state index contributed by atoms with van der Waals surface area (Å²) < 4.78 is 5.24. The van der Waals surface area contributed by atoms with E-state index in [4.69, 9.17) is 4.74 Å². The second kappa shape index (κ2) is 16.7. The average molecular weight is 413 g/mol. The van der Waals surface area contributed by atoms with Crippen LogP contribution in [0.25, 0.3) is 0 Å². The van der Waals surface area contributed by atoms with Crippen molar-refractivity contribution in [2.75, 3.05) is 6.61 Å². The molecule has 0 heterocycles. The number of aliphatic hydroxyl groups is 2. The molecule has 0 aliphatic carbocycles. The van der Waals surface area contributed by atoms with Crippen molar-refractivity contribution in [3.05, 3.63) is 96.3 Å². The van der Waals surface area contributed by atoms with E-state index in [1.54, 1.807) is 25.2 Å². The van der Waals surface area contributed by atoms with E-state index in [1.165, 1.54) is 18.2 Å². The van der Waals surface area contributed by atoms with Crippen LogP contribution in [-0.4, -0.2) is 28.6 Å². The van der Waals surface area contributed by atoms with Crippen LogP contribution < -0.4 is 0 Å². The van der Waals surface area contributed by atoms with Crippen LogP contribution in [0.4, 0.5) is 0 Å². The minimum atomic E-state index is -0.693. The Hall–Kier alpha value is -3.18. The molecule has 30 heavy (non-hydrogen) atoms. The predicted molar refractivity (Wildman–Crippen MR) is 121 cm³/mol. The van der Waals surface area contributed by atoms with Gasteiger partial charge in [0.1, 0.15) is 11.9 Å². The fraction of sp³-hybridized carbons (Fsp3) is 0.280. The first kappa shape index (κ1) is 26.8. The van der Waals surface area contributed by atoms with Crippen LogP contribution in [0, 0.1) is 0 Å². The van der Waals surface area contributed by atoms with Gasteiger partial charge >= 0.3 is 5.97 Å². The molecule has 162 valence electrons. The van der Waals surface area contributed by atoms with Crippen molar-refractivity contribution in [3.63, 3.8) is 0 Å². The molecule has 1 aromatic carbocycles. The van der Waals surface area contributed by atoms with Crippen LogP contribution in [0.1, 0.15) is 45.3 Å². The molecule has 1 atom stereocenters. The molecule has 0 bridgehead atoms. The van der Waals surface area contributed by atoms with E-state index in [-0.39, 0.29) is 24.6 Å². The van der Waals surface area contributed by atoms with Gasteiger partial charge in [-0.1, -0.05) is 61.6 Å². The van der Waals surface area contributed by atoms with Crippen molar-refractivity contribution < 1.29 is 24.5 Å². The summed E-state index contributed by atoms with van der Waals surface area (Å²) in [7, 11) is 0. The molecule has 0 amide bonds. The molecule has 0 spiro atoms. The monoisotopic (exact) mass is 412 g/mol. The van der Waals surface area contributed by atoms with Gasteiger partial charge in [-0.3, -0.25) is 4.79 Å². The largest absolute Gasteiger partial charge is 0.508 e. The number of rotatable bonds is 10. The SMILES string of the molecule is C=CC.CC/C=C/C(=O)C/C=C/C(=C\C(O)=C\C(=O)OC(C)c1ccccc1)CO. The number of benzene rings is 1. The van der Waals surface area contributed by atoms with Gasteiger partial charge in [-0.2, -0.15) is 0 Å². The van der Waals surface area contributed by atoms with E-state index in [0.717, 1.165) is 18.1 Å². The highest BCUT2D eigenvalue weighted by atomic mass is 16.5. The molecule has 5 nitrogen and oxygen atoms in total. The number of aliphatic hydroxyl groups excluding tert-OH is 2. The van der Waals surface area contributed by atoms with Crippen LogP contribution in [0.2, 0.25) is 0 Å². The lowest BCUT2D eigenvalue weighted by molar-refractivity contribution is -0.142. The minimum absolute atomic E-state index is 0.0522. The topological polar surface area (TPSA) is 83.8 Å². The number of carbonyl (C=O) groups excluding carboxylic acids is 2. The maximum Gasteiger partial charge on any atom is 0.335 e. The minimum Gasteiger partial charge on any atom is -0.508 e. The zero-order valence-electron chi connectivity index (χ0n) is 18.0. The van der Waals surface area contributed by atoms with Crippen LogP contribution >= 0.6 is 0 Å². The quantitative estimate of drug-likeness (QED) is 0.178. The Balaban J connectivity index is 0.00000263. The average Bonchev–Trinajstić information content (AvgIpc) is 2.72. The molecule has 1 unspecified atom stereocenters. The summed E-state index contributed by atoms with van der Waals surface area (Å²) in [5.41, 5.74) is 1.20. The molecule has 1 aromatic rings. The van der Waals surface area contributed by atoms with E-state index in [2.05, 4.69) is 6.58 Å². The van der Waals surface area contributed by atoms with Crippen molar-refractivity contribution in [2.45, 2.75) is 39.7 Å². The number of ether oxygens (including phenoxy) is 1.